The molecule has 7 heteroatoms. The molecule has 1 aliphatic carbocycles. The van der Waals surface area contributed by atoms with E-state index in [2.05, 4.69) is 39.8 Å². The lowest BCUT2D eigenvalue weighted by molar-refractivity contribution is -0.132. The van der Waals surface area contributed by atoms with Crippen LogP contribution < -0.4 is 25.0 Å². The summed E-state index contributed by atoms with van der Waals surface area (Å²) in [5, 5.41) is 7.16. The smallest absolute Gasteiger partial charge is 0.308 e. The Morgan fingerprint density at radius 3 is 2.30 bits per heavy atom. The van der Waals surface area contributed by atoms with Crippen molar-refractivity contribution in [1.82, 2.24) is 0 Å². The van der Waals surface area contributed by atoms with Gasteiger partial charge in [-0.25, -0.2) is 0 Å². The first-order valence-electron chi connectivity index (χ1n) is 12.4. The first-order chi connectivity index (χ1) is 17.8. The number of ether oxygens (including phenoxy) is 2. The van der Waals surface area contributed by atoms with Gasteiger partial charge in [0.1, 0.15) is 0 Å². The van der Waals surface area contributed by atoms with Crippen molar-refractivity contribution in [1.29, 1.82) is 0 Å². The van der Waals surface area contributed by atoms with Gasteiger partial charge in [0.15, 0.2) is 17.3 Å². The Morgan fingerprint density at radius 2 is 1.62 bits per heavy atom. The lowest BCUT2D eigenvalue weighted by Crippen LogP contribution is -2.27. The molecular weight excluding hydrogens is 466 g/mol. The van der Waals surface area contributed by atoms with Crippen molar-refractivity contribution in [3.8, 4) is 11.5 Å². The van der Waals surface area contributed by atoms with Gasteiger partial charge in [0.25, 0.3) is 0 Å². The molecular formula is C30H31N3O4. The summed E-state index contributed by atoms with van der Waals surface area (Å²) in [7, 11) is 5.57. The highest BCUT2D eigenvalue weighted by molar-refractivity contribution is 6.01. The number of benzene rings is 3. The number of anilines is 3. The summed E-state index contributed by atoms with van der Waals surface area (Å²) in [6.07, 6.45) is 1.15. The second-order valence-electron chi connectivity index (χ2n) is 9.66. The molecule has 1 aliphatic heterocycles. The zero-order chi connectivity index (χ0) is 26.1. The number of carbonyl (C=O) groups is 2. The van der Waals surface area contributed by atoms with Crippen LogP contribution in [0.4, 0.5) is 17.1 Å². The molecule has 0 saturated carbocycles. The maximum Gasteiger partial charge on any atom is 0.308 e. The third kappa shape index (κ3) is 4.89. The number of hydrogen-bond acceptors (Lipinski definition) is 7. The second-order valence-corrected chi connectivity index (χ2v) is 9.66. The molecule has 0 aromatic heterocycles. The van der Waals surface area contributed by atoms with E-state index in [-0.39, 0.29) is 11.7 Å². The number of Topliss-reactive ketones (excluding diaryl/α,β-unsaturated/α-hetero) is 1. The van der Waals surface area contributed by atoms with Gasteiger partial charge in [-0.05, 0) is 59.9 Å². The molecule has 5 rings (SSSR count). The fourth-order valence-electron chi connectivity index (χ4n) is 5.13. The van der Waals surface area contributed by atoms with Gasteiger partial charge < -0.3 is 25.0 Å². The highest BCUT2D eigenvalue weighted by atomic mass is 16.6. The Labute approximate surface area is 217 Å². The van der Waals surface area contributed by atoms with Gasteiger partial charge in [-0.1, -0.05) is 30.3 Å². The molecule has 7 nitrogen and oxygen atoms in total. The number of para-hydroxylation sites is 2. The number of rotatable bonds is 5. The summed E-state index contributed by atoms with van der Waals surface area (Å²) >= 11 is 0. The number of carbonyl (C=O) groups excluding carboxylic acids is 2. The summed E-state index contributed by atoms with van der Waals surface area (Å²) in [5.41, 5.74) is 6.61. The fourth-order valence-corrected chi connectivity index (χ4v) is 5.13. The summed E-state index contributed by atoms with van der Waals surface area (Å²) in [5.74, 6) is 0.542. The summed E-state index contributed by atoms with van der Waals surface area (Å²) in [4.78, 5) is 27.4. The summed E-state index contributed by atoms with van der Waals surface area (Å²) in [6.45, 7) is 1.35. The minimum absolute atomic E-state index is 0.0850. The van der Waals surface area contributed by atoms with Crippen molar-refractivity contribution >= 4 is 28.8 Å². The Kier molecular flexibility index (Phi) is 6.61. The highest BCUT2D eigenvalue weighted by Gasteiger charge is 2.36. The largest absolute Gasteiger partial charge is 0.493 e. The molecule has 0 radical (unpaired) electrons. The molecule has 2 N–H and O–H groups in total. The number of methoxy groups -OCH3 is 1. The highest BCUT2D eigenvalue weighted by Crippen LogP contribution is 2.45. The first-order valence-corrected chi connectivity index (χ1v) is 12.4. The predicted octanol–water partition coefficient (Wildman–Crippen LogP) is 5.67. The second kappa shape index (κ2) is 10.0. The average molecular weight is 498 g/mol. The van der Waals surface area contributed by atoms with Crippen LogP contribution in [0, 0.1) is 0 Å². The van der Waals surface area contributed by atoms with E-state index in [1.165, 1.54) is 14.0 Å². The molecule has 0 amide bonds. The standard InChI is InChI=1S/C30H31N3O4/c1-18(34)37-27-14-11-20(17-28(27)36-4)30-29-25(31-23-7-5-6-8-24(23)32-30)15-21(16-26(29)35)19-9-12-22(13-10-19)33(2)3/h5-14,17,21,30-32H,15-16H2,1-4H3. The van der Waals surface area contributed by atoms with E-state index in [0.717, 1.165) is 45.9 Å². The summed E-state index contributed by atoms with van der Waals surface area (Å²) < 4.78 is 10.8. The number of hydrogen-bond donors (Lipinski definition) is 2. The Bertz CT molecular complexity index is 1380. The number of allylic oxidation sites excluding steroid dienone is 1. The van der Waals surface area contributed by atoms with Crippen LogP contribution in [0.1, 0.15) is 42.9 Å². The molecule has 2 atom stereocenters. The van der Waals surface area contributed by atoms with Crippen molar-refractivity contribution in [3.63, 3.8) is 0 Å². The lowest BCUT2D eigenvalue weighted by Gasteiger charge is -2.30. The Morgan fingerprint density at radius 1 is 0.919 bits per heavy atom. The molecule has 0 bridgehead atoms. The average Bonchev–Trinajstić information content (AvgIpc) is 3.05. The maximum absolute atomic E-state index is 13.8. The van der Waals surface area contributed by atoms with Gasteiger partial charge in [-0.15, -0.1) is 0 Å². The normalized spacial score (nSPS) is 18.5. The van der Waals surface area contributed by atoms with Crippen LogP contribution in [-0.4, -0.2) is 33.0 Å². The fraction of sp³-hybridized carbons (Fsp3) is 0.267. The van der Waals surface area contributed by atoms with Crippen molar-refractivity contribution in [2.75, 3.05) is 36.7 Å². The van der Waals surface area contributed by atoms with E-state index >= 15 is 0 Å². The van der Waals surface area contributed by atoms with Crippen LogP contribution in [0.3, 0.4) is 0 Å². The van der Waals surface area contributed by atoms with Crippen molar-refractivity contribution in [3.05, 3.63) is 89.1 Å². The van der Waals surface area contributed by atoms with Crippen molar-refractivity contribution < 1.29 is 19.1 Å². The molecule has 37 heavy (non-hydrogen) atoms. The zero-order valence-electron chi connectivity index (χ0n) is 21.5. The molecule has 1 heterocycles. The number of nitrogens with zero attached hydrogens (tertiary/aromatic N) is 1. The van der Waals surface area contributed by atoms with Crippen LogP contribution >= 0.6 is 0 Å². The Hall–Kier alpha value is -4.26. The molecule has 190 valence electrons. The van der Waals surface area contributed by atoms with E-state index in [1.54, 1.807) is 6.07 Å². The first kappa shape index (κ1) is 24.4. The lowest BCUT2D eigenvalue weighted by atomic mass is 9.78. The van der Waals surface area contributed by atoms with Gasteiger partial charge in [-0.2, -0.15) is 0 Å². The quantitative estimate of drug-likeness (QED) is 0.347. The Balaban J connectivity index is 1.56. The molecule has 0 spiro atoms. The molecule has 2 aliphatic rings. The van der Waals surface area contributed by atoms with Gasteiger partial charge >= 0.3 is 5.97 Å². The van der Waals surface area contributed by atoms with Gasteiger partial charge in [0.2, 0.25) is 0 Å². The predicted molar refractivity (Wildman–Crippen MR) is 146 cm³/mol. The van der Waals surface area contributed by atoms with E-state index in [0.29, 0.717) is 17.9 Å². The minimum Gasteiger partial charge on any atom is -0.493 e. The van der Waals surface area contributed by atoms with Crippen molar-refractivity contribution in [2.24, 2.45) is 0 Å². The number of fused-ring (bicyclic) bond motifs is 1. The molecule has 3 aromatic rings. The topological polar surface area (TPSA) is 79.9 Å². The van der Waals surface area contributed by atoms with Crippen LogP contribution in [0.15, 0.2) is 78.0 Å². The van der Waals surface area contributed by atoms with Crippen LogP contribution in [-0.2, 0) is 9.59 Å². The number of nitrogens with one attached hydrogen (secondary N) is 2. The van der Waals surface area contributed by atoms with Gasteiger partial charge in [0, 0.05) is 44.4 Å². The van der Waals surface area contributed by atoms with E-state index in [9.17, 15) is 9.59 Å². The molecule has 0 saturated heterocycles. The number of ketones is 1. The minimum atomic E-state index is -0.422. The number of esters is 1. The summed E-state index contributed by atoms with van der Waals surface area (Å²) in [6, 6.07) is 21.4. The van der Waals surface area contributed by atoms with Crippen LogP contribution in [0.25, 0.3) is 0 Å². The van der Waals surface area contributed by atoms with Gasteiger partial charge in [0.05, 0.1) is 24.5 Å². The maximum atomic E-state index is 13.8. The molecule has 2 unspecified atom stereocenters. The monoisotopic (exact) mass is 497 g/mol. The third-order valence-electron chi connectivity index (χ3n) is 6.96. The third-order valence-corrected chi connectivity index (χ3v) is 6.96. The zero-order valence-corrected chi connectivity index (χ0v) is 21.5. The van der Waals surface area contributed by atoms with Crippen LogP contribution in [0.2, 0.25) is 0 Å². The van der Waals surface area contributed by atoms with Crippen LogP contribution in [0.5, 0.6) is 11.5 Å². The van der Waals surface area contributed by atoms with E-state index in [4.69, 9.17) is 9.47 Å². The van der Waals surface area contributed by atoms with Gasteiger partial charge in [-0.3, -0.25) is 9.59 Å². The molecule has 3 aromatic carbocycles. The van der Waals surface area contributed by atoms with E-state index < -0.39 is 12.0 Å². The van der Waals surface area contributed by atoms with Crippen molar-refractivity contribution in [2.45, 2.75) is 31.7 Å². The SMILES string of the molecule is COc1cc(C2Nc3ccccc3NC3=C2C(=O)CC(c2ccc(N(C)C)cc2)C3)ccc1OC(C)=O. The van der Waals surface area contributed by atoms with E-state index in [1.807, 2.05) is 50.5 Å². The molecule has 0 fully saturated rings.